The van der Waals surface area contributed by atoms with E-state index in [2.05, 4.69) is 163 Å². The molecule has 0 saturated carbocycles. The maximum absolute atomic E-state index is 2.32. The number of rotatable bonds is 0. The molecule has 0 nitrogen and oxygen atoms in total. The Kier molecular flexibility index (Phi) is 133. The molecule has 0 fully saturated rings. The summed E-state index contributed by atoms with van der Waals surface area (Å²) in [4.78, 5) is 0. The molecule has 0 aromatic heterocycles. The van der Waals surface area contributed by atoms with E-state index in [1.54, 1.807) is 22.3 Å². The van der Waals surface area contributed by atoms with Crippen molar-refractivity contribution in [1.29, 1.82) is 0 Å². The van der Waals surface area contributed by atoms with Gasteiger partial charge in [0.05, 0.1) is 0 Å². The molecule has 4 aliphatic rings. The van der Waals surface area contributed by atoms with Gasteiger partial charge in [-0.3, -0.25) is 0 Å². The third kappa shape index (κ3) is 36.4. The normalized spacial score (nSPS) is 8.21. The SMILES string of the molecule is C.C.C.C.C.C.CC.CC.CC.CCC.CCC.CCC.[CH3-].[CH3-].[CH3-].[CH3-].[Y].[Y].[Y].[Y].[Y].[Y].[Y].[Y].[Y].[Y].c1ccc2c(c1)Cc1c-2ccc2c1Cc1ccccc1-2.c1ccc2c(c1)Cc1c-2ccc2c1Cc1ccccc1-2. The molecule has 10 heteroatoms. The van der Waals surface area contributed by atoms with Crippen molar-refractivity contribution in [2.75, 3.05) is 0 Å². The maximum Gasteiger partial charge on any atom is 0 e. The average molecular weight is 1780 g/mol. The van der Waals surface area contributed by atoms with Crippen LogP contribution in [0, 0.1) is 29.7 Å². The molecule has 10 rings (SSSR count). The van der Waals surface area contributed by atoms with Gasteiger partial charge in [0.2, 0.25) is 0 Å². The van der Waals surface area contributed by atoms with Gasteiger partial charge in [-0.25, -0.2) is 0 Å². The van der Waals surface area contributed by atoms with Gasteiger partial charge in [-0.05, 0) is 115 Å². The van der Waals surface area contributed by atoms with E-state index < -0.39 is 0 Å². The van der Waals surface area contributed by atoms with Crippen molar-refractivity contribution < 1.29 is 327 Å². The minimum atomic E-state index is 0. The summed E-state index contributed by atoms with van der Waals surface area (Å²) < 4.78 is 0. The molecule has 4 aliphatic carbocycles. The molecule has 10 radical (unpaired) electrons. The summed E-state index contributed by atoms with van der Waals surface area (Å²) in [6.45, 7) is 24.8. The molecule has 0 heterocycles. The summed E-state index contributed by atoms with van der Waals surface area (Å²) >= 11 is 0. The minimum absolute atomic E-state index is 0. The van der Waals surface area contributed by atoms with Gasteiger partial charge >= 0.3 is 0 Å². The molecule has 0 saturated heterocycles. The fourth-order valence-electron chi connectivity index (χ4n) is 7.71. The molecule has 0 amide bonds. The summed E-state index contributed by atoms with van der Waals surface area (Å²) in [5, 5.41) is 0. The molecule has 0 N–H and O–H groups in total. The molecule has 6 aromatic rings. The zero-order chi connectivity index (χ0) is 40.3. The summed E-state index contributed by atoms with van der Waals surface area (Å²) in [5.74, 6) is 0. The van der Waals surface area contributed by atoms with Gasteiger partial charge in [0, 0.05) is 327 Å². The van der Waals surface area contributed by atoms with Crippen LogP contribution in [-0.2, 0) is 353 Å². The van der Waals surface area contributed by atoms with Crippen molar-refractivity contribution in [2.45, 2.75) is 173 Å². The zero-order valence-electron chi connectivity index (χ0n) is 46.3. The van der Waals surface area contributed by atoms with Crippen molar-refractivity contribution in [3.05, 3.63) is 196 Å². The summed E-state index contributed by atoms with van der Waals surface area (Å²) in [6.07, 6.45) is 8.15. The van der Waals surface area contributed by atoms with E-state index >= 15 is 0 Å². The number of fused-ring (bicyclic) bond motifs is 14. The smallest absolute Gasteiger partial charge is 0 e. The molecule has 0 spiro atoms. The van der Waals surface area contributed by atoms with Crippen LogP contribution in [0.1, 0.15) is 191 Å². The zero-order valence-corrected chi connectivity index (χ0v) is 74.7. The number of hydrogen-bond donors (Lipinski definition) is 0. The molecule has 400 valence electrons. The first-order valence-electron chi connectivity index (χ1n) is 21.7. The molecule has 0 aliphatic heterocycles. The number of benzene rings is 6. The summed E-state index contributed by atoms with van der Waals surface area (Å²) in [5.41, 5.74) is 23.7. The second kappa shape index (κ2) is 76.5. The van der Waals surface area contributed by atoms with Crippen LogP contribution in [0.5, 0.6) is 0 Å². The standard InChI is InChI=1S/2C20H14.3C3H8.3C2H6.6CH4.4CH3.10Y/c2*1-3-7-15-13(5-1)11-19-17(15)9-10-18-16-8-4-2-6-14(16)12-20(18)19;3*1-3-2;3*1-2;;;;;;;;;;;;;;;;;;;;/h2*1-10H,11-12H2;3*3H2,1-2H3;3*1-2H3;6*1H4;4*1H3;;;;;;;;;;/q;;;;;;;;;;;;;;4*-1;;;;;;;;;;. The van der Waals surface area contributed by atoms with Gasteiger partial charge in [0.15, 0.2) is 0 Å². The first-order chi connectivity index (χ1) is 27.1. The Morgan fingerprint density at radius 1 is 0.227 bits per heavy atom. The molecule has 0 bridgehead atoms. The van der Waals surface area contributed by atoms with Crippen LogP contribution >= 0.6 is 0 Å². The Balaban J connectivity index is -0.0000000355. The van der Waals surface area contributed by atoms with Gasteiger partial charge < -0.3 is 29.7 Å². The van der Waals surface area contributed by atoms with E-state index in [1.165, 1.54) is 86.0 Å². The van der Waals surface area contributed by atoms with Crippen LogP contribution in [0.25, 0.3) is 44.5 Å². The fraction of sp³-hybridized carbons (Fsp3) is 0.385. The maximum atomic E-state index is 2.32. The van der Waals surface area contributed by atoms with Crippen molar-refractivity contribution in [1.82, 2.24) is 0 Å². The van der Waals surface area contributed by atoms with Crippen molar-refractivity contribution in [2.24, 2.45) is 0 Å². The van der Waals surface area contributed by atoms with Crippen molar-refractivity contribution >= 4 is 0 Å². The molecular weight excluding hydrogens is 1670 g/mol. The van der Waals surface area contributed by atoms with Crippen LogP contribution in [0.15, 0.2) is 121 Å². The van der Waals surface area contributed by atoms with Crippen LogP contribution in [0.4, 0.5) is 0 Å². The van der Waals surface area contributed by atoms with Crippen LogP contribution in [0.2, 0.25) is 0 Å². The Hall–Kier alpha value is 6.36. The predicted octanol–water partition coefficient (Wildman–Crippen LogP) is 22.6. The average Bonchev–Trinajstić information content (AvgIpc) is 4.01. The van der Waals surface area contributed by atoms with E-state index in [-0.39, 0.29) is 401 Å². The van der Waals surface area contributed by atoms with E-state index in [9.17, 15) is 0 Å². The number of hydrogen-bond acceptors (Lipinski definition) is 0. The topological polar surface area (TPSA) is 0 Å². The largest absolute Gasteiger partial charge is 0.358 e. The van der Waals surface area contributed by atoms with E-state index in [0.29, 0.717) is 0 Å². The van der Waals surface area contributed by atoms with Gasteiger partial charge in [-0.2, -0.15) is 0 Å². The first-order valence-corrected chi connectivity index (χ1v) is 21.7. The summed E-state index contributed by atoms with van der Waals surface area (Å²) in [6, 6.07) is 44.6. The van der Waals surface area contributed by atoms with E-state index in [4.69, 9.17) is 0 Å². The van der Waals surface area contributed by atoms with Gasteiger partial charge in [0.1, 0.15) is 0 Å². The third-order valence-corrected chi connectivity index (χ3v) is 9.56. The van der Waals surface area contributed by atoms with Gasteiger partial charge in [-0.1, -0.05) is 268 Å². The van der Waals surface area contributed by atoms with E-state index in [0.717, 1.165) is 25.7 Å². The Morgan fingerprint density at radius 3 is 0.480 bits per heavy atom. The molecule has 6 aromatic carbocycles. The Labute approximate surface area is 724 Å². The Bertz CT molecular complexity index is 1800. The van der Waals surface area contributed by atoms with Crippen LogP contribution in [0.3, 0.4) is 0 Å². The Morgan fingerprint density at radius 2 is 0.347 bits per heavy atom. The molecule has 0 atom stereocenters. The predicted molar refractivity (Wildman–Crippen MR) is 314 cm³/mol. The molecule has 75 heavy (non-hydrogen) atoms. The quantitative estimate of drug-likeness (QED) is 0.133. The van der Waals surface area contributed by atoms with Crippen LogP contribution in [-0.4, -0.2) is 0 Å². The second-order valence-corrected chi connectivity index (χ2v) is 13.7. The third-order valence-electron chi connectivity index (χ3n) is 9.56. The minimum Gasteiger partial charge on any atom is -0.358 e. The second-order valence-electron chi connectivity index (χ2n) is 13.7. The summed E-state index contributed by atoms with van der Waals surface area (Å²) in [7, 11) is 0. The van der Waals surface area contributed by atoms with Gasteiger partial charge in [0.25, 0.3) is 0 Å². The first kappa shape index (κ1) is 131. The van der Waals surface area contributed by atoms with Gasteiger partial charge in [-0.15, -0.1) is 0 Å². The van der Waals surface area contributed by atoms with Crippen molar-refractivity contribution in [3.63, 3.8) is 0 Å². The van der Waals surface area contributed by atoms with E-state index in [1.807, 2.05) is 41.5 Å². The van der Waals surface area contributed by atoms with Crippen LogP contribution < -0.4 is 0 Å². The fourth-order valence-corrected chi connectivity index (χ4v) is 7.71. The van der Waals surface area contributed by atoms with Crippen molar-refractivity contribution in [3.8, 4) is 44.5 Å². The molecule has 0 unspecified atom stereocenters. The molecular formula is C65H106Y10-4. The monoisotopic (exact) mass is 1780 g/mol.